The number of alkyl halides is 3. The highest BCUT2D eigenvalue weighted by atomic mass is 32.3. The lowest BCUT2D eigenvalue weighted by Gasteiger charge is -2.35. The summed E-state index contributed by atoms with van der Waals surface area (Å²) in [6.07, 6.45) is 1.61. The molecule has 0 aliphatic carbocycles. The van der Waals surface area contributed by atoms with E-state index in [0.717, 1.165) is 12.8 Å². The number of hydrogen-bond donors (Lipinski definition) is 0. The van der Waals surface area contributed by atoms with Gasteiger partial charge < -0.3 is 4.74 Å². The second-order valence-corrected chi connectivity index (χ2v) is 11.4. The van der Waals surface area contributed by atoms with Gasteiger partial charge in [-0.25, -0.2) is 0 Å². The summed E-state index contributed by atoms with van der Waals surface area (Å²) in [5.41, 5.74) is -5.53. The molecule has 0 bridgehead atoms. The van der Waals surface area contributed by atoms with Crippen LogP contribution in [0, 0.1) is 0 Å². The Morgan fingerprint density at radius 3 is 1.81 bits per heavy atom. The maximum Gasteiger partial charge on any atom is 0.572 e. The summed E-state index contributed by atoms with van der Waals surface area (Å²) < 4.78 is 75.1. The molecule has 0 atom stereocenters. The van der Waals surface area contributed by atoms with Crippen LogP contribution < -0.4 is 4.74 Å². The lowest BCUT2D eigenvalue weighted by Crippen LogP contribution is -2.30. The molecule has 0 heterocycles. The molecule has 0 unspecified atom stereocenters. The molecule has 9 heteroatoms. The molecular weight excluding hydrogens is 461 g/mol. The molecule has 0 spiro atoms. The molecule has 0 radical (unpaired) electrons. The fourth-order valence-corrected chi connectivity index (χ4v) is 8.18. The number of ether oxygens (including phenoxy) is 1. The van der Waals surface area contributed by atoms with Crippen LogP contribution in [-0.2, 0) is 10.1 Å². The van der Waals surface area contributed by atoms with E-state index in [0.29, 0.717) is 27.0 Å². The third kappa shape index (κ3) is 4.95. The number of hydrogen-bond acceptors (Lipinski definition) is 3. The normalized spacial score (nSPS) is 13.0. The maximum atomic E-state index is 13.6. The maximum absolute atomic E-state index is 13.6. The topological polar surface area (TPSA) is 56.2 Å². The number of rotatable bonds is 9. The number of benzene rings is 3. The van der Waals surface area contributed by atoms with E-state index < -0.39 is 25.9 Å². The van der Waals surface area contributed by atoms with Gasteiger partial charge in [0.15, 0.2) is 0 Å². The Kier molecular flexibility index (Phi) is 7.53. The minimum Gasteiger partial charge on any atom is -0.492 e. The van der Waals surface area contributed by atoms with Crippen molar-refractivity contribution >= 4 is 20.4 Å². The van der Waals surface area contributed by atoms with Gasteiger partial charge in [0.2, 0.25) is 0 Å². The lowest BCUT2D eigenvalue weighted by molar-refractivity contribution is -0.0540. The first-order chi connectivity index (χ1) is 15.2. The Morgan fingerprint density at radius 2 is 1.31 bits per heavy atom. The van der Waals surface area contributed by atoms with Crippen molar-refractivity contribution in [2.45, 2.75) is 40.0 Å². The van der Waals surface area contributed by atoms with Crippen LogP contribution in [0.1, 0.15) is 19.8 Å². The third-order valence-corrected chi connectivity index (χ3v) is 9.74. The van der Waals surface area contributed by atoms with Gasteiger partial charge >= 0.3 is 15.6 Å². The Balaban J connectivity index is 2.36. The number of para-hydroxylation sites is 1. The van der Waals surface area contributed by atoms with Gasteiger partial charge in [0.25, 0.3) is 0 Å². The highest BCUT2D eigenvalue weighted by Gasteiger charge is 2.58. The predicted molar refractivity (Wildman–Crippen MR) is 120 cm³/mol. The SMILES string of the molecule is CCCCOc1ccccc1S([OH+]S(=O)(=O)C(F)(F)F)(c1ccccc1)c1ccccc1. The monoisotopic (exact) mass is 485 g/mol. The average molecular weight is 486 g/mol. The quantitative estimate of drug-likeness (QED) is 0.142. The van der Waals surface area contributed by atoms with Crippen LogP contribution in [0.15, 0.2) is 99.6 Å². The minimum absolute atomic E-state index is 0.293. The van der Waals surface area contributed by atoms with Crippen molar-refractivity contribution < 1.29 is 30.0 Å². The van der Waals surface area contributed by atoms with Crippen LogP contribution in [0.3, 0.4) is 0 Å². The summed E-state index contributed by atoms with van der Waals surface area (Å²) >= 11 is 0. The molecule has 0 saturated carbocycles. The highest BCUT2D eigenvalue weighted by molar-refractivity contribution is 8.32. The first kappa shape index (κ1) is 24.2. The molecule has 3 aromatic carbocycles. The second kappa shape index (κ2) is 9.97. The summed E-state index contributed by atoms with van der Waals surface area (Å²) in [6.45, 7) is 2.34. The van der Waals surface area contributed by atoms with Crippen LogP contribution in [0.4, 0.5) is 13.2 Å². The van der Waals surface area contributed by atoms with Gasteiger partial charge in [0.1, 0.15) is 10.6 Å². The van der Waals surface area contributed by atoms with Crippen molar-refractivity contribution in [2.75, 3.05) is 6.61 Å². The zero-order valence-electron chi connectivity index (χ0n) is 17.3. The van der Waals surface area contributed by atoms with Crippen molar-refractivity contribution in [3.05, 3.63) is 84.9 Å². The lowest BCUT2D eigenvalue weighted by atomic mass is 10.3. The average Bonchev–Trinajstić information content (AvgIpc) is 2.78. The fourth-order valence-electron chi connectivity index (χ4n) is 3.08. The molecule has 0 amide bonds. The highest BCUT2D eigenvalue weighted by Crippen LogP contribution is 2.70. The smallest absolute Gasteiger partial charge is 0.492 e. The molecule has 3 rings (SSSR count). The van der Waals surface area contributed by atoms with Crippen LogP contribution >= 0.6 is 10.3 Å². The fraction of sp³-hybridized carbons (Fsp3) is 0.217. The Morgan fingerprint density at radius 1 is 0.812 bits per heavy atom. The molecule has 0 aromatic heterocycles. The van der Waals surface area contributed by atoms with Crippen molar-refractivity contribution in [3.63, 3.8) is 0 Å². The largest absolute Gasteiger partial charge is 0.572 e. The van der Waals surface area contributed by atoms with E-state index in [1.54, 1.807) is 84.9 Å². The summed E-state index contributed by atoms with van der Waals surface area (Å²) in [6, 6.07) is 23.0. The standard InChI is InChI=1S/C23H23F3O4S2/c1-2-3-18-29-21-16-10-11-17-22(21)31(19-12-6-4-7-13-19,20-14-8-5-9-15-20)30-32(27,28)23(24,25)26/h4-17H,2-3,18H2,1H3/p+1. The number of unbranched alkanes of at least 4 members (excludes halogenated alkanes) is 1. The van der Waals surface area contributed by atoms with Gasteiger partial charge in [-0.2, -0.15) is 13.2 Å². The summed E-state index contributed by atoms with van der Waals surface area (Å²) in [7, 11) is -9.08. The Bertz CT molecular complexity index is 1080. The molecule has 4 nitrogen and oxygen atoms in total. The van der Waals surface area contributed by atoms with E-state index in [-0.39, 0.29) is 0 Å². The molecular formula is C23H24F3O4S2+. The van der Waals surface area contributed by atoms with Crippen molar-refractivity contribution in [2.24, 2.45) is 0 Å². The molecule has 0 saturated heterocycles. The molecule has 32 heavy (non-hydrogen) atoms. The summed E-state index contributed by atoms with van der Waals surface area (Å²) in [5, 5.41) is 0. The second-order valence-electron chi connectivity index (χ2n) is 6.85. The third-order valence-electron chi connectivity index (χ3n) is 4.59. The van der Waals surface area contributed by atoms with Gasteiger partial charge in [-0.3, -0.25) is 3.63 Å². The molecule has 0 aliphatic rings. The Hall–Kier alpha value is -2.49. The van der Waals surface area contributed by atoms with E-state index in [1.165, 1.54) is 0 Å². The van der Waals surface area contributed by atoms with Gasteiger partial charge in [0.05, 0.1) is 26.7 Å². The van der Waals surface area contributed by atoms with Gasteiger partial charge in [-0.15, -0.1) is 8.42 Å². The summed E-state index contributed by atoms with van der Waals surface area (Å²) in [4.78, 5) is 0.998. The van der Waals surface area contributed by atoms with Crippen molar-refractivity contribution in [1.29, 1.82) is 0 Å². The molecule has 0 fully saturated rings. The molecule has 0 aliphatic heterocycles. The van der Waals surface area contributed by atoms with Crippen LogP contribution in [0.2, 0.25) is 0 Å². The van der Waals surface area contributed by atoms with Crippen LogP contribution in [-0.4, -0.2) is 24.2 Å². The molecule has 1 N–H and O–H groups in total. The van der Waals surface area contributed by atoms with E-state index in [2.05, 4.69) is 3.63 Å². The molecule has 3 aromatic rings. The van der Waals surface area contributed by atoms with Gasteiger partial charge in [0, 0.05) is 0 Å². The van der Waals surface area contributed by atoms with Crippen LogP contribution in [0.5, 0.6) is 5.75 Å². The minimum atomic E-state index is -5.84. The zero-order valence-corrected chi connectivity index (χ0v) is 19.0. The van der Waals surface area contributed by atoms with Gasteiger partial charge in [-0.05, 0) is 42.8 Å². The zero-order chi connectivity index (χ0) is 23.2. The van der Waals surface area contributed by atoms with Crippen LogP contribution in [0.25, 0.3) is 0 Å². The molecule has 172 valence electrons. The van der Waals surface area contributed by atoms with Gasteiger partial charge in [-0.1, -0.05) is 61.9 Å². The van der Waals surface area contributed by atoms with E-state index in [4.69, 9.17) is 4.74 Å². The number of halogens is 3. The first-order valence-electron chi connectivity index (χ1n) is 9.93. The van der Waals surface area contributed by atoms with Crippen molar-refractivity contribution in [3.8, 4) is 5.75 Å². The summed E-state index contributed by atoms with van der Waals surface area (Å²) in [5.74, 6) is 0.310. The predicted octanol–water partition coefficient (Wildman–Crippen LogP) is 7.01. The van der Waals surface area contributed by atoms with Crippen molar-refractivity contribution in [1.82, 2.24) is 0 Å². The van der Waals surface area contributed by atoms with E-state index in [9.17, 15) is 21.6 Å². The Labute approximate surface area is 187 Å². The van der Waals surface area contributed by atoms with E-state index in [1.807, 2.05) is 6.92 Å². The van der Waals surface area contributed by atoms with E-state index >= 15 is 0 Å². The first-order valence-corrected chi connectivity index (χ1v) is 13.0.